The molecule has 1 fully saturated rings. The second-order valence-electron chi connectivity index (χ2n) is 7.02. The van der Waals surface area contributed by atoms with Crippen LogP contribution in [0.4, 0.5) is 5.69 Å². The number of ether oxygens (including phenoxy) is 1. The van der Waals surface area contributed by atoms with Gasteiger partial charge in [0, 0.05) is 5.69 Å². The van der Waals surface area contributed by atoms with Gasteiger partial charge in [-0.25, -0.2) is 0 Å². The van der Waals surface area contributed by atoms with E-state index < -0.39 is 0 Å². The molecule has 2 N–H and O–H groups in total. The van der Waals surface area contributed by atoms with E-state index in [0.717, 1.165) is 17.9 Å². The third kappa shape index (κ3) is 5.21. The van der Waals surface area contributed by atoms with Gasteiger partial charge in [-0.2, -0.15) is 0 Å². The zero-order chi connectivity index (χ0) is 18.4. The molecule has 26 heavy (non-hydrogen) atoms. The Labute approximate surface area is 162 Å². The fraction of sp³-hybridized carbons (Fsp3) is 0.409. The molecule has 0 amide bonds. The molecular weight excluding hydrogens is 340 g/mol. The molecule has 0 aromatic heterocycles. The summed E-state index contributed by atoms with van der Waals surface area (Å²) in [6, 6.07) is 16.9. The summed E-state index contributed by atoms with van der Waals surface area (Å²) in [5, 5.41) is 7.33. The molecule has 1 aliphatic rings. The summed E-state index contributed by atoms with van der Waals surface area (Å²) >= 11 is 5.50. The van der Waals surface area contributed by atoms with Crippen LogP contribution >= 0.6 is 12.2 Å². The lowest BCUT2D eigenvalue weighted by Gasteiger charge is -2.20. The van der Waals surface area contributed by atoms with E-state index in [9.17, 15) is 0 Å². The zero-order valence-corrected chi connectivity index (χ0v) is 16.4. The molecule has 0 bridgehead atoms. The smallest absolute Gasteiger partial charge is 0.171 e. The summed E-state index contributed by atoms with van der Waals surface area (Å²) in [6.07, 6.45) is 6.26. The van der Waals surface area contributed by atoms with Crippen molar-refractivity contribution < 1.29 is 4.74 Å². The van der Waals surface area contributed by atoms with Crippen LogP contribution in [0.2, 0.25) is 0 Å². The van der Waals surface area contributed by atoms with Crippen LogP contribution in [0.1, 0.15) is 56.2 Å². The highest BCUT2D eigenvalue weighted by molar-refractivity contribution is 7.80. The molecule has 1 aliphatic carbocycles. The third-order valence-corrected chi connectivity index (χ3v) is 5.13. The van der Waals surface area contributed by atoms with E-state index in [1.54, 1.807) is 0 Å². The highest BCUT2D eigenvalue weighted by Crippen LogP contribution is 2.25. The Morgan fingerprint density at radius 2 is 1.73 bits per heavy atom. The Hall–Kier alpha value is -2.07. The monoisotopic (exact) mass is 368 g/mol. The molecule has 0 unspecified atom stereocenters. The van der Waals surface area contributed by atoms with Crippen molar-refractivity contribution in [3.8, 4) is 5.75 Å². The van der Waals surface area contributed by atoms with Crippen LogP contribution in [-0.4, -0.2) is 11.2 Å². The van der Waals surface area contributed by atoms with E-state index in [0.29, 0.717) is 11.2 Å². The predicted molar refractivity (Wildman–Crippen MR) is 113 cm³/mol. The molecule has 0 aliphatic heterocycles. The van der Waals surface area contributed by atoms with Gasteiger partial charge in [0.25, 0.3) is 0 Å². The van der Waals surface area contributed by atoms with Crippen LogP contribution in [0.5, 0.6) is 5.75 Å². The summed E-state index contributed by atoms with van der Waals surface area (Å²) in [5.41, 5.74) is 3.49. The molecule has 0 saturated heterocycles. The fourth-order valence-corrected chi connectivity index (χ4v) is 3.62. The molecule has 3 nitrogen and oxygen atoms in total. The standard InChI is InChI=1S/C22H28N2OS/c1-3-21(17-10-8-16(2)9-11-17)24-22(26)23-18-12-14-20(15-13-18)25-19-6-4-5-7-19/h8-15,19,21H,3-7H2,1-2H3,(H2,23,24,26)/t21-/m1/s1. The molecule has 1 atom stereocenters. The average Bonchev–Trinajstić information content (AvgIpc) is 3.15. The average molecular weight is 369 g/mol. The first-order valence-corrected chi connectivity index (χ1v) is 9.95. The molecule has 4 heteroatoms. The van der Waals surface area contributed by atoms with Crippen LogP contribution in [0.15, 0.2) is 48.5 Å². The minimum Gasteiger partial charge on any atom is -0.490 e. The SMILES string of the molecule is CC[C@@H](NC(=S)Nc1ccc(OC2CCCC2)cc1)c1ccc(C)cc1. The number of nitrogens with one attached hydrogen (secondary N) is 2. The lowest BCUT2D eigenvalue weighted by Crippen LogP contribution is -2.32. The number of anilines is 1. The lowest BCUT2D eigenvalue weighted by molar-refractivity contribution is 0.210. The second kappa shape index (κ2) is 9.04. The maximum atomic E-state index is 6.01. The van der Waals surface area contributed by atoms with Crippen molar-refractivity contribution in [1.82, 2.24) is 5.32 Å². The topological polar surface area (TPSA) is 33.3 Å². The summed E-state index contributed by atoms with van der Waals surface area (Å²) in [4.78, 5) is 0. The number of aryl methyl sites for hydroxylation is 1. The van der Waals surface area contributed by atoms with Gasteiger partial charge in [-0.05, 0) is 81.1 Å². The first-order chi connectivity index (χ1) is 12.6. The predicted octanol–water partition coefficient (Wildman–Crippen LogP) is 5.75. The van der Waals surface area contributed by atoms with Crippen molar-refractivity contribution in [2.45, 2.75) is 58.1 Å². The maximum absolute atomic E-state index is 6.01. The van der Waals surface area contributed by atoms with Crippen molar-refractivity contribution in [3.05, 3.63) is 59.7 Å². The van der Waals surface area contributed by atoms with E-state index in [1.807, 2.05) is 24.3 Å². The largest absolute Gasteiger partial charge is 0.490 e. The van der Waals surface area contributed by atoms with Crippen molar-refractivity contribution in [2.75, 3.05) is 5.32 Å². The Bertz CT molecular complexity index is 706. The summed E-state index contributed by atoms with van der Waals surface area (Å²) in [5.74, 6) is 0.937. The van der Waals surface area contributed by atoms with E-state index >= 15 is 0 Å². The van der Waals surface area contributed by atoms with E-state index in [2.05, 4.69) is 48.7 Å². The van der Waals surface area contributed by atoms with Crippen LogP contribution < -0.4 is 15.4 Å². The minimum absolute atomic E-state index is 0.209. The lowest BCUT2D eigenvalue weighted by atomic mass is 10.0. The molecule has 0 spiro atoms. The minimum atomic E-state index is 0.209. The summed E-state index contributed by atoms with van der Waals surface area (Å²) < 4.78 is 6.01. The van der Waals surface area contributed by atoms with Gasteiger partial charge in [-0.15, -0.1) is 0 Å². The molecule has 2 aromatic carbocycles. The Morgan fingerprint density at radius 1 is 1.08 bits per heavy atom. The van der Waals surface area contributed by atoms with Gasteiger partial charge in [-0.1, -0.05) is 36.8 Å². The summed E-state index contributed by atoms with van der Waals surface area (Å²) in [7, 11) is 0. The highest BCUT2D eigenvalue weighted by atomic mass is 32.1. The first-order valence-electron chi connectivity index (χ1n) is 9.55. The molecule has 2 aromatic rings. The van der Waals surface area contributed by atoms with E-state index in [-0.39, 0.29) is 6.04 Å². The van der Waals surface area contributed by atoms with Gasteiger partial charge in [0.15, 0.2) is 5.11 Å². The van der Waals surface area contributed by atoms with Crippen molar-refractivity contribution in [1.29, 1.82) is 0 Å². The van der Waals surface area contributed by atoms with Crippen LogP contribution in [0.25, 0.3) is 0 Å². The van der Waals surface area contributed by atoms with Gasteiger partial charge in [0.1, 0.15) is 5.75 Å². The molecule has 0 heterocycles. The third-order valence-electron chi connectivity index (χ3n) is 4.91. The number of thiocarbonyl (C=S) groups is 1. The number of hydrogen-bond acceptors (Lipinski definition) is 2. The Balaban J connectivity index is 1.54. The van der Waals surface area contributed by atoms with Gasteiger partial charge in [-0.3, -0.25) is 0 Å². The normalized spacial score (nSPS) is 15.5. The first kappa shape index (κ1) is 18.7. The summed E-state index contributed by atoms with van der Waals surface area (Å²) in [6.45, 7) is 4.26. The van der Waals surface area contributed by atoms with Gasteiger partial charge in [0.2, 0.25) is 0 Å². The van der Waals surface area contributed by atoms with Crippen molar-refractivity contribution >= 4 is 23.0 Å². The molecule has 0 radical (unpaired) electrons. The van der Waals surface area contributed by atoms with Gasteiger partial charge >= 0.3 is 0 Å². The van der Waals surface area contributed by atoms with E-state index in [1.165, 1.54) is 36.8 Å². The number of hydrogen-bond donors (Lipinski definition) is 2. The number of benzene rings is 2. The fourth-order valence-electron chi connectivity index (χ4n) is 3.36. The maximum Gasteiger partial charge on any atom is 0.171 e. The Morgan fingerprint density at radius 3 is 2.35 bits per heavy atom. The highest BCUT2D eigenvalue weighted by Gasteiger charge is 2.16. The van der Waals surface area contributed by atoms with Crippen molar-refractivity contribution in [2.24, 2.45) is 0 Å². The molecule has 3 rings (SSSR count). The molecule has 138 valence electrons. The number of rotatable bonds is 6. The molecular formula is C22H28N2OS. The molecule has 1 saturated carbocycles. The van der Waals surface area contributed by atoms with Crippen LogP contribution in [0.3, 0.4) is 0 Å². The van der Waals surface area contributed by atoms with Gasteiger partial charge < -0.3 is 15.4 Å². The Kier molecular flexibility index (Phi) is 6.51. The quantitative estimate of drug-likeness (QED) is 0.636. The van der Waals surface area contributed by atoms with Crippen molar-refractivity contribution in [3.63, 3.8) is 0 Å². The van der Waals surface area contributed by atoms with Crippen LogP contribution in [0, 0.1) is 6.92 Å². The zero-order valence-electron chi connectivity index (χ0n) is 15.6. The van der Waals surface area contributed by atoms with Crippen LogP contribution in [-0.2, 0) is 0 Å². The van der Waals surface area contributed by atoms with E-state index in [4.69, 9.17) is 17.0 Å². The van der Waals surface area contributed by atoms with Gasteiger partial charge in [0.05, 0.1) is 12.1 Å². The second-order valence-corrected chi connectivity index (χ2v) is 7.43.